The molecule has 1 fully saturated rings. The molecule has 0 aromatic heterocycles. The largest absolute Gasteiger partial charge is 0.371 e. The number of nitrogens with one attached hydrogen (secondary N) is 1. The van der Waals surface area contributed by atoms with Gasteiger partial charge in [0.25, 0.3) is 0 Å². The van der Waals surface area contributed by atoms with Crippen LogP contribution in [0, 0.1) is 5.41 Å². The van der Waals surface area contributed by atoms with Crippen LogP contribution in [0.2, 0.25) is 0 Å². The highest BCUT2D eigenvalue weighted by Crippen LogP contribution is 2.40. The maximum atomic E-state index is 3.76. The van der Waals surface area contributed by atoms with Crippen LogP contribution >= 0.6 is 15.9 Å². The summed E-state index contributed by atoms with van der Waals surface area (Å²) in [5, 5.41) is 3.48. The fraction of sp³-hybridized carbons (Fsp3) is 0.667. The first-order chi connectivity index (χ1) is 10.0. The maximum absolute atomic E-state index is 3.76. The van der Waals surface area contributed by atoms with Gasteiger partial charge in [0.15, 0.2) is 0 Å². The summed E-state index contributed by atoms with van der Waals surface area (Å²) in [6.07, 6.45) is 3.90. The molecule has 3 heteroatoms. The summed E-state index contributed by atoms with van der Waals surface area (Å²) in [6, 6.07) is 7.24. The number of anilines is 1. The fourth-order valence-electron chi connectivity index (χ4n) is 3.46. The quantitative estimate of drug-likeness (QED) is 0.762. The Labute approximate surface area is 138 Å². The van der Waals surface area contributed by atoms with E-state index < -0.39 is 0 Å². The summed E-state index contributed by atoms with van der Waals surface area (Å²) >= 11 is 3.76. The van der Waals surface area contributed by atoms with E-state index in [4.69, 9.17) is 0 Å². The van der Waals surface area contributed by atoms with Crippen molar-refractivity contribution in [3.63, 3.8) is 0 Å². The average Bonchev–Trinajstić information content (AvgIpc) is 2.92. The SMILES string of the molecule is CCNC(C)c1ccc(N2CCC(CC)(CC)C2)cc1Br. The minimum absolute atomic E-state index is 0.391. The Bertz CT molecular complexity index is 468. The molecule has 21 heavy (non-hydrogen) atoms. The maximum Gasteiger partial charge on any atom is 0.0377 e. The van der Waals surface area contributed by atoms with Crippen LogP contribution in [0.5, 0.6) is 0 Å². The minimum atomic E-state index is 0.391. The van der Waals surface area contributed by atoms with Gasteiger partial charge in [-0.1, -0.05) is 42.8 Å². The molecule has 1 atom stereocenters. The Morgan fingerprint density at radius 2 is 2.00 bits per heavy atom. The van der Waals surface area contributed by atoms with Crippen LogP contribution in [0.4, 0.5) is 5.69 Å². The third-order valence-corrected chi connectivity index (χ3v) is 5.95. The summed E-state index contributed by atoms with van der Waals surface area (Å²) in [4.78, 5) is 2.56. The number of benzene rings is 1. The number of hydrogen-bond acceptors (Lipinski definition) is 2. The summed E-state index contributed by atoms with van der Waals surface area (Å²) in [5.74, 6) is 0. The molecule has 0 radical (unpaired) electrons. The van der Waals surface area contributed by atoms with E-state index in [0.717, 1.165) is 6.54 Å². The van der Waals surface area contributed by atoms with E-state index in [-0.39, 0.29) is 0 Å². The molecule has 0 bridgehead atoms. The van der Waals surface area contributed by atoms with E-state index in [1.807, 2.05) is 0 Å². The van der Waals surface area contributed by atoms with E-state index in [9.17, 15) is 0 Å². The van der Waals surface area contributed by atoms with Gasteiger partial charge in [0.2, 0.25) is 0 Å². The molecule has 1 unspecified atom stereocenters. The highest BCUT2D eigenvalue weighted by molar-refractivity contribution is 9.10. The Balaban J connectivity index is 2.14. The van der Waals surface area contributed by atoms with Gasteiger partial charge in [-0.3, -0.25) is 0 Å². The lowest BCUT2D eigenvalue weighted by Crippen LogP contribution is -2.26. The van der Waals surface area contributed by atoms with Gasteiger partial charge in [-0.15, -0.1) is 0 Å². The Morgan fingerprint density at radius 1 is 1.29 bits per heavy atom. The molecule has 1 saturated heterocycles. The van der Waals surface area contributed by atoms with Gasteiger partial charge < -0.3 is 10.2 Å². The monoisotopic (exact) mass is 352 g/mol. The first-order valence-electron chi connectivity index (χ1n) is 8.33. The molecule has 2 nitrogen and oxygen atoms in total. The average molecular weight is 353 g/mol. The highest BCUT2D eigenvalue weighted by Gasteiger charge is 2.35. The third-order valence-electron chi connectivity index (χ3n) is 5.26. The van der Waals surface area contributed by atoms with Crippen LogP contribution < -0.4 is 10.2 Å². The molecular weight excluding hydrogens is 324 g/mol. The highest BCUT2D eigenvalue weighted by atomic mass is 79.9. The van der Waals surface area contributed by atoms with Gasteiger partial charge in [-0.05, 0) is 55.8 Å². The van der Waals surface area contributed by atoms with E-state index in [0.29, 0.717) is 11.5 Å². The molecule has 118 valence electrons. The molecule has 1 aromatic carbocycles. The second-order valence-electron chi connectivity index (χ2n) is 6.36. The Morgan fingerprint density at radius 3 is 2.52 bits per heavy atom. The summed E-state index contributed by atoms with van der Waals surface area (Å²) in [6.45, 7) is 12.4. The van der Waals surface area contributed by atoms with Gasteiger partial charge in [-0.2, -0.15) is 0 Å². The number of nitrogens with zero attached hydrogens (tertiary/aromatic N) is 1. The topological polar surface area (TPSA) is 15.3 Å². The lowest BCUT2D eigenvalue weighted by molar-refractivity contribution is 0.301. The molecule has 1 aliphatic rings. The first-order valence-corrected chi connectivity index (χ1v) is 9.12. The molecule has 1 heterocycles. The van der Waals surface area contributed by atoms with Crippen molar-refractivity contribution in [2.45, 2.75) is 53.0 Å². The smallest absolute Gasteiger partial charge is 0.0377 e. The van der Waals surface area contributed by atoms with Crippen LogP contribution in [0.15, 0.2) is 22.7 Å². The number of hydrogen-bond donors (Lipinski definition) is 1. The zero-order valence-electron chi connectivity index (χ0n) is 13.9. The van der Waals surface area contributed by atoms with Gasteiger partial charge in [0, 0.05) is 29.3 Å². The van der Waals surface area contributed by atoms with Crippen molar-refractivity contribution in [3.05, 3.63) is 28.2 Å². The standard InChI is InChI=1S/C18H29BrN2/c1-5-18(6-2)10-11-21(13-18)15-8-9-16(17(19)12-15)14(4)20-7-3/h8-9,12,14,20H,5-7,10-11,13H2,1-4H3. The van der Waals surface area contributed by atoms with Gasteiger partial charge in [0.1, 0.15) is 0 Å². The predicted molar refractivity (Wildman–Crippen MR) is 96.1 cm³/mol. The molecule has 0 saturated carbocycles. The molecule has 1 aliphatic heterocycles. The Hall–Kier alpha value is -0.540. The molecule has 1 N–H and O–H groups in total. The van der Waals surface area contributed by atoms with Crippen molar-refractivity contribution in [1.82, 2.24) is 5.32 Å². The van der Waals surface area contributed by atoms with Gasteiger partial charge >= 0.3 is 0 Å². The molecule has 2 rings (SSSR count). The second-order valence-corrected chi connectivity index (χ2v) is 7.22. The molecular formula is C18H29BrN2. The molecule has 0 amide bonds. The van der Waals surface area contributed by atoms with Gasteiger partial charge in [-0.25, -0.2) is 0 Å². The third kappa shape index (κ3) is 3.62. The zero-order chi connectivity index (χ0) is 15.5. The number of rotatable bonds is 6. The van der Waals surface area contributed by atoms with Crippen LogP contribution in [-0.4, -0.2) is 19.6 Å². The van der Waals surface area contributed by atoms with E-state index >= 15 is 0 Å². The van der Waals surface area contributed by atoms with Crippen LogP contribution in [-0.2, 0) is 0 Å². The summed E-state index contributed by atoms with van der Waals surface area (Å²) < 4.78 is 1.22. The molecule has 0 spiro atoms. The van der Waals surface area contributed by atoms with Crippen LogP contribution in [0.3, 0.4) is 0 Å². The molecule has 1 aromatic rings. The van der Waals surface area contributed by atoms with Crippen molar-refractivity contribution in [2.24, 2.45) is 5.41 Å². The second kappa shape index (κ2) is 7.15. The van der Waals surface area contributed by atoms with E-state index in [2.05, 4.69) is 72.0 Å². The molecule has 0 aliphatic carbocycles. The van der Waals surface area contributed by atoms with Gasteiger partial charge in [0.05, 0.1) is 0 Å². The van der Waals surface area contributed by atoms with Crippen molar-refractivity contribution in [3.8, 4) is 0 Å². The van der Waals surface area contributed by atoms with Crippen molar-refractivity contribution >= 4 is 21.6 Å². The van der Waals surface area contributed by atoms with Crippen molar-refractivity contribution in [1.29, 1.82) is 0 Å². The summed E-state index contributed by atoms with van der Waals surface area (Å²) in [7, 11) is 0. The normalized spacial score (nSPS) is 19.0. The van der Waals surface area contributed by atoms with E-state index in [1.165, 1.54) is 48.1 Å². The minimum Gasteiger partial charge on any atom is -0.371 e. The Kier molecular flexibility index (Phi) is 5.73. The van der Waals surface area contributed by atoms with Crippen LogP contribution in [0.25, 0.3) is 0 Å². The van der Waals surface area contributed by atoms with Crippen LogP contribution in [0.1, 0.15) is 58.6 Å². The zero-order valence-corrected chi connectivity index (χ0v) is 15.5. The fourth-order valence-corrected chi connectivity index (χ4v) is 4.17. The lowest BCUT2D eigenvalue weighted by atomic mass is 9.82. The first kappa shape index (κ1) is 16.8. The van der Waals surface area contributed by atoms with E-state index in [1.54, 1.807) is 0 Å². The predicted octanol–water partition coefficient (Wildman–Crippen LogP) is 5.14. The number of halogens is 1. The van der Waals surface area contributed by atoms with Crippen molar-refractivity contribution < 1.29 is 0 Å². The lowest BCUT2D eigenvalue weighted by Gasteiger charge is -2.27. The van der Waals surface area contributed by atoms with Crippen molar-refractivity contribution in [2.75, 3.05) is 24.5 Å². The summed E-state index contributed by atoms with van der Waals surface area (Å²) in [5.41, 5.74) is 3.23.